The second-order valence-electron chi connectivity index (χ2n) is 4.24. The smallest absolute Gasteiger partial charge is 0.244 e. The van der Waals surface area contributed by atoms with Crippen molar-refractivity contribution in [1.82, 2.24) is 9.62 Å². The van der Waals surface area contributed by atoms with Crippen LogP contribution in [0.25, 0.3) is 0 Å². The lowest BCUT2D eigenvalue weighted by Gasteiger charge is -2.33. The van der Waals surface area contributed by atoms with Crippen molar-refractivity contribution < 1.29 is 8.42 Å². The number of nitrogens with zero attached hydrogens (tertiary/aromatic N) is 1. The fourth-order valence-corrected chi connectivity index (χ4v) is 4.37. The summed E-state index contributed by atoms with van der Waals surface area (Å²) in [6, 6.07) is 4.35. The molecule has 7 heteroatoms. The predicted octanol–water partition coefficient (Wildman–Crippen LogP) is 1.98. The van der Waals surface area contributed by atoms with E-state index in [1.54, 1.807) is 0 Å². The number of sulfonamides is 1. The maximum Gasteiger partial charge on any atom is 0.244 e. The van der Waals surface area contributed by atoms with Crippen molar-refractivity contribution in [2.75, 3.05) is 19.6 Å². The van der Waals surface area contributed by atoms with Gasteiger partial charge in [0.05, 0.1) is 5.02 Å². The van der Waals surface area contributed by atoms with E-state index in [0.29, 0.717) is 24.7 Å². The van der Waals surface area contributed by atoms with Crippen LogP contribution >= 0.6 is 23.2 Å². The third-order valence-corrected chi connectivity index (χ3v) is 5.65. The van der Waals surface area contributed by atoms with Crippen LogP contribution in [0.15, 0.2) is 23.1 Å². The summed E-state index contributed by atoms with van der Waals surface area (Å²) in [4.78, 5) is 0.113. The van der Waals surface area contributed by atoms with Gasteiger partial charge in [0.1, 0.15) is 4.90 Å². The molecule has 1 fully saturated rings. The Labute approximate surface area is 117 Å². The summed E-state index contributed by atoms with van der Waals surface area (Å²) < 4.78 is 26.5. The second-order valence-corrected chi connectivity index (χ2v) is 6.95. The van der Waals surface area contributed by atoms with E-state index < -0.39 is 10.0 Å². The SMILES string of the molecule is C[C@H]1CNCCN1S(=O)(=O)c1ccc(Cl)cc1Cl. The van der Waals surface area contributed by atoms with Gasteiger partial charge in [-0.1, -0.05) is 23.2 Å². The quantitative estimate of drug-likeness (QED) is 0.909. The Bertz CT molecular complexity index is 548. The molecule has 0 saturated carbocycles. The van der Waals surface area contributed by atoms with Gasteiger partial charge in [0, 0.05) is 30.7 Å². The molecular formula is C11H14Cl2N2O2S. The van der Waals surface area contributed by atoms with Gasteiger partial charge in [-0.25, -0.2) is 8.42 Å². The Morgan fingerprint density at radius 1 is 1.39 bits per heavy atom. The maximum atomic E-state index is 12.5. The van der Waals surface area contributed by atoms with Crippen molar-refractivity contribution in [2.45, 2.75) is 17.9 Å². The summed E-state index contributed by atoms with van der Waals surface area (Å²) in [5.41, 5.74) is 0. The van der Waals surface area contributed by atoms with Gasteiger partial charge in [-0.05, 0) is 25.1 Å². The minimum atomic E-state index is -3.56. The van der Waals surface area contributed by atoms with E-state index in [4.69, 9.17) is 23.2 Å². The lowest BCUT2D eigenvalue weighted by molar-refractivity contribution is 0.284. The van der Waals surface area contributed by atoms with E-state index in [9.17, 15) is 8.42 Å². The molecular weight excluding hydrogens is 295 g/mol. The third-order valence-electron chi connectivity index (χ3n) is 2.92. The van der Waals surface area contributed by atoms with Gasteiger partial charge in [0.15, 0.2) is 0 Å². The first kappa shape index (κ1) is 14.1. The van der Waals surface area contributed by atoms with Crippen LogP contribution in [0.5, 0.6) is 0 Å². The zero-order valence-corrected chi connectivity index (χ0v) is 12.2. The van der Waals surface area contributed by atoms with E-state index in [2.05, 4.69) is 5.32 Å². The van der Waals surface area contributed by atoms with Crippen LogP contribution < -0.4 is 5.32 Å². The van der Waals surface area contributed by atoms with Crippen LogP contribution in [0.4, 0.5) is 0 Å². The van der Waals surface area contributed by atoms with Gasteiger partial charge in [-0.3, -0.25) is 0 Å². The van der Waals surface area contributed by atoms with Crippen molar-refractivity contribution in [3.8, 4) is 0 Å². The van der Waals surface area contributed by atoms with E-state index in [0.717, 1.165) is 0 Å². The van der Waals surface area contributed by atoms with Gasteiger partial charge in [-0.15, -0.1) is 0 Å². The van der Waals surface area contributed by atoms with Crippen LogP contribution in [0, 0.1) is 0 Å². The van der Waals surface area contributed by atoms with Crippen molar-refractivity contribution in [1.29, 1.82) is 0 Å². The Kier molecular flexibility index (Phi) is 4.18. The monoisotopic (exact) mass is 308 g/mol. The van der Waals surface area contributed by atoms with Crippen LogP contribution in [-0.4, -0.2) is 38.4 Å². The van der Waals surface area contributed by atoms with E-state index in [1.807, 2.05) is 6.92 Å². The molecule has 0 aromatic heterocycles. The number of piperazine rings is 1. The minimum Gasteiger partial charge on any atom is -0.314 e. The van der Waals surface area contributed by atoms with E-state index in [-0.39, 0.29) is 16.0 Å². The highest BCUT2D eigenvalue weighted by molar-refractivity contribution is 7.89. The highest BCUT2D eigenvalue weighted by Gasteiger charge is 2.32. The van der Waals surface area contributed by atoms with Crippen LogP contribution in [0.3, 0.4) is 0 Å². The zero-order chi connectivity index (χ0) is 13.3. The normalized spacial score (nSPS) is 22.1. The summed E-state index contributed by atoms with van der Waals surface area (Å²) in [5, 5.41) is 3.74. The molecule has 18 heavy (non-hydrogen) atoms. The van der Waals surface area contributed by atoms with Crippen molar-refractivity contribution in [3.05, 3.63) is 28.2 Å². The number of rotatable bonds is 2. The number of halogens is 2. The van der Waals surface area contributed by atoms with Gasteiger partial charge >= 0.3 is 0 Å². The molecule has 0 amide bonds. The predicted molar refractivity (Wildman–Crippen MR) is 72.7 cm³/mol. The molecule has 0 aliphatic carbocycles. The summed E-state index contributed by atoms with van der Waals surface area (Å²) in [6.07, 6.45) is 0. The summed E-state index contributed by atoms with van der Waals surface area (Å²) >= 11 is 11.8. The minimum absolute atomic E-state index is 0.0875. The topological polar surface area (TPSA) is 49.4 Å². The molecule has 0 spiro atoms. The summed E-state index contributed by atoms with van der Waals surface area (Å²) in [5.74, 6) is 0. The first-order chi connectivity index (χ1) is 8.43. The second kappa shape index (κ2) is 5.35. The summed E-state index contributed by atoms with van der Waals surface area (Å²) in [7, 11) is -3.56. The highest BCUT2D eigenvalue weighted by Crippen LogP contribution is 2.28. The molecule has 1 N–H and O–H groups in total. The number of benzene rings is 1. The Hall–Kier alpha value is -0.330. The number of hydrogen-bond acceptors (Lipinski definition) is 3. The Morgan fingerprint density at radius 2 is 2.11 bits per heavy atom. The third kappa shape index (κ3) is 2.65. The fraction of sp³-hybridized carbons (Fsp3) is 0.455. The largest absolute Gasteiger partial charge is 0.314 e. The van der Waals surface area contributed by atoms with E-state index >= 15 is 0 Å². The maximum absolute atomic E-state index is 12.5. The van der Waals surface area contributed by atoms with Crippen molar-refractivity contribution in [2.24, 2.45) is 0 Å². The molecule has 1 aliphatic heterocycles. The lowest BCUT2D eigenvalue weighted by Crippen LogP contribution is -2.52. The van der Waals surface area contributed by atoms with Gasteiger partial charge in [0.25, 0.3) is 0 Å². The van der Waals surface area contributed by atoms with Gasteiger partial charge in [0.2, 0.25) is 10.0 Å². The summed E-state index contributed by atoms with van der Waals surface area (Å²) in [6.45, 7) is 3.61. The molecule has 2 rings (SSSR count). The first-order valence-corrected chi connectivity index (χ1v) is 7.80. The highest BCUT2D eigenvalue weighted by atomic mass is 35.5. The average molecular weight is 309 g/mol. The molecule has 0 radical (unpaired) electrons. The van der Waals surface area contributed by atoms with Crippen molar-refractivity contribution >= 4 is 33.2 Å². The molecule has 1 atom stereocenters. The first-order valence-electron chi connectivity index (χ1n) is 5.60. The lowest BCUT2D eigenvalue weighted by atomic mass is 10.3. The molecule has 4 nitrogen and oxygen atoms in total. The molecule has 1 aliphatic rings. The van der Waals surface area contributed by atoms with E-state index in [1.165, 1.54) is 22.5 Å². The molecule has 1 aromatic rings. The molecule has 0 unspecified atom stereocenters. The molecule has 1 aromatic carbocycles. The van der Waals surface area contributed by atoms with Crippen LogP contribution in [0.1, 0.15) is 6.92 Å². The van der Waals surface area contributed by atoms with Crippen LogP contribution in [-0.2, 0) is 10.0 Å². The number of nitrogens with one attached hydrogen (secondary N) is 1. The molecule has 1 saturated heterocycles. The van der Waals surface area contributed by atoms with Gasteiger partial charge < -0.3 is 5.32 Å². The molecule has 1 heterocycles. The van der Waals surface area contributed by atoms with Gasteiger partial charge in [-0.2, -0.15) is 4.31 Å². The zero-order valence-electron chi connectivity index (χ0n) is 9.86. The van der Waals surface area contributed by atoms with Crippen LogP contribution in [0.2, 0.25) is 10.0 Å². The average Bonchev–Trinajstić information content (AvgIpc) is 2.28. The molecule has 100 valence electrons. The Balaban J connectivity index is 2.41. The standard InChI is InChI=1S/C11H14Cl2N2O2S/c1-8-7-14-4-5-15(8)18(16,17)11-3-2-9(12)6-10(11)13/h2-3,6,8,14H,4-5,7H2,1H3/t8-/m0/s1. The molecule has 0 bridgehead atoms. The number of hydrogen-bond donors (Lipinski definition) is 1. The Morgan fingerprint density at radius 3 is 2.72 bits per heavy atom. The van der Waals surface area contributed by atoms with Crippen molar-refractivity contribution in [3.63, 3.8) is 0 Å². The fourth-order valence-electron chi connectivity index (χ4n) is 1.99.